The Bertz CT molecular complexity index is 676. The van der Waals surface area contributed by atoms with Gasteiger partial charge in [-0.15, -0.1) is 0 Å². The van der Waals surface area contributed by atoms with Crippen LogP contribution in [-0.2, 0) is 0 Å². The van der Waals surface area contributed by atoms with E-state index in [0.29, 0.717) is 0 Å². The normalized spacial score (nSPS) is 30.1. The summed E-state index contributed by atoms with van der Waals surface area (Å²) in [4.78, 5) is 0. The molecule has 0 aliphatic carbocycles. The van der Waals surface area contributed by atoms with Gasteiger partial charge in [0.15, 0.2) is 0 Å². The summed E-state index contributed by atoms with van der Waals surface area (Å²) in [5, 5.41) is 0.528. The number of hydrogen-bond acceptors (Lipinski definition) is 2. The largest absolute Gasteiger partial charge is 0.277 e. The molecule has 1 saturated heterocycles. The van der Waals surface area contributed by atoms with Crippen molar-refractivity contribution in [3.05, 3.63) is 0 Å². The SMILES string of the molecule is CC(C)(C)N=P1(C(C)(C)C)N([Si](C)(C)C)P(=NC(C)(C)C)(C(C)(C)C)P1C(C)(C)C. The molecule has 3 nitrogen and oxygen atoms in total. The third kappa shape index (κ3) is 5.09. The van der Waals surface area contributed by atoms with Crippen molar-refractivity contribution in [2.75, 3.05) is 0 Å². The molecule has 1 fully saturated rings. The average Bonchev–Trinajstić information content (AvgIpc) is 2.25. The van der Waals surface area contributed by atoms with Gasteiger partial charge in [0.25, 0.3) is 0 Å². The van der Waals surface area contributed by atoms with Crippen LogP contribution in [0.4, 0.5) is 0 Å². The molecule has 0 N–H and O–H groups in total. The highest BCUT2D eigenvalue weighted by Gasteiger charge is 2.73. The molecule has 2 atom stereocenters. The first-order valence-electron chi connectivity index (χ1n) is 11.5. The van der Waals surface area contributed by atoms with Crippen LogP contribution in [0.1, 0.15) is 104 Å². The average molecular weight is 494 g/mol. The zero-order valence-electron chi connectivity index (χ0n) is 23.7. The lowest BCUT2D eigenvalue weighted by Gasteiger charge is -2.75. The van der Waals surface area contributed by atoms with Crippen LogP contribution in [0.25, 0.3) is 0 Å². The van der Waals surface area contributed by atoms with E-state index in [-0.39, 0.29) is 26.5 Å². The second kappa shape index (κ2) is 7.80. The quantitative estimate of drug-likeness (QED) is 0.264. The van der Waals surface area contributed by atoms with Crippen LogP contribution in [-0.4, -0.2) is 38.9 Å². The Morgan fingerprint density at radius 1 is 0.567 bits per heavy atom. The highest BCUT2D eigenvalue weighted by Crippen LogP contribution is 3.18. The monoisotopic (exact) mass is 493 g/mol. The van der Waals surface area contributed by atoms with Gasteiger partial charge in [0, 0.05) is 17.6 Å². The number of rotatable bonds is 1. The Morgan fingerprint density at radius 2 is 0.833 bits per heavy atom. The molecule has 7 heteroatoms. The summed E-state index contributed by atoms with van der Waals surface area (Å²) in [5.41, 5.74) is -0.0824. The molecular formula is C23H54N3P3Si. The fourth-order valence-electron chi connectivity index (χ4n) is 4.59. The lowest BCUT2D eigenvalue weighted by atomic mass is 10.1. The van der Waals surface area contributed by atoms with Gasteiger partial charge in [-0.25, -0.2) is 4.11 Å². The van der Waals surface area contributed by atoms with Crippen molar-refractivity contribution in [3.63, 3.8) is 0 Å². The Labute approximate surface area is 192 Å². The molecule has 180 valence electrons. The van der Waals surface area contributed by atoms with E-state index in [1.54, 1.807) is 0 Å². The van der Waals surface area contributed by atoms with Crippen LogP contribution >= 0.6 is 21.1 Å². The third-order valence-electron chi connectivity index (χ3n) is 4.94. The summed E-state index contributed by atoms with van der Waals surface area (Å²) >= 11 is 0. The van der Waals surface area contributed by atoms with Gasteiger partial charge in [0.2, 0.25) is 0 Å². The minimum Gasteiger partial charge on any atom is -0.277 e. The maximum Gasteiger partial charge on any atom is 0.132 e. The zero-order valence-corrected chi connectivity index (χ0v) is 27.4. The van der Waals surface area contributed by atoms with Crippen LogP contribution < -0.4 is 0 Å². The second-order valence-electron chi connectivity index (χ2n) is 14.9. The predicted octanol–water partition coefficient (Wildman–Crippen LogP) is 10.7. The van der Waals surface area contributed by atoms with E-state index in [1.807, 2.05) is 0 Å². The van der Waals surface area contributed by atoms with Gasteiger partial charge in [0.1, 0.15) is 8.24 Å². The van der Waals surface area contributed by atoms with Crippen molar-refractivity contribution in [3.8, 4) is 0 Å². The Morgan fingerprint density at radius 3 is 0.967 bits per heavy atom. The molecule has 0 radical (unpaired) electrons. The maximum absolute atomic E-state index is 5.92. The van der Waals surface area contributed by atoms with Crippen molar-refractivity contribution < 1.29 is 0 Å². The van der Waals surface area contributed by atoms with E-state index < -0.39 is 29.3 Å². The fraction of sp³-hybridized carbons (Fsp3) is 1.00. The third-order valence-corrected chi connectivity index (χ3v) is 40.0. The van der Waals surface area contributed by atoms with Gasteiger partial charge >= 0.3 is 0 Å². The molecule has 0 spiro atoms. The minimum absolute atomic E-state index is 0.0412. The van der Waals surface area contributed by atoms with Crippen molar-refractivity contribution in [2.24, 2.45) is 9.49 Å². The van der Waals surface area contributed by atoms with Crippen LogP contribution in [0.5, 0.6) is 0 Å². The molecule has 2 unspecified atom stereocenters. The molecule has 0 aromatic carbocycles. The second-order valence-corrected chi connectivity index (χ2v) is 35.6. The van der Waals surface area contributed by atoms with Crippen molar-refractivity contribution in [1.82, 2.24) is 4.11 Å². The fourth-order valence-corrected chi connectivity index (χ4v) is 55.8. The topological polar surface area (TPSA) is 28.0 Å². The first-order chi connectivity index (χ1) is 12.6. The molecule has 0 aromatic rings. The molecule has 0 bridgehead atoms. The summed E-state index contributed by atoms with van der Waals surface area (Å²) < 4.78 is 15.0. The molecule has 1 aliphatic heterocycles. The maximum atomic E-state index is 5.92. The predicted molar refractivity (Wildman–Crippen MR) is 150 cm³/mol. The molecule has 0 saturated carbocycles. The summed E-state index contributed by atoms with van der Waals surface area (Å²) in [6.07, 6.45) is 0. The molecular weight excluding hydrogens is 439 g/mol. The zero-order chi connectivity index (χ0) is 24.6. The molecule has 0 amide bonds. The summed E-state index contributed by atoms with van der Waals surface area (Å²) in [6.45, 7) is 40.3. The Balaban J connectivity index is 4.48. The minimum atomic E-state index is -1.80. The smallest absolute Gasteiger partial charge is 0.132 e. The van der Waals surface area contributed by atoms with Crippen LogP contribution in [0.3, 0.4) is 0 Å². The van der Waals surface area contributed by atoms with Crippen molar-refractivity contribution in [1.29, 1.82) is 0 Å². The van der Waals surface area contributed by atoms with E-state index in [0.717, 1.165) is 0 Å². The van der Waals surface area contributed by atoms with E-state index in [1.165, 1.54) is 0 Å². The molecule has 30 heavy (non-hydrogen) atoms. The molecule has 1 heterocycles. The van der Waals surface area contributed by atoms with Gasteiger partial charge in [0.05, 0.1) is 24.9 Å². The highest BCUT2D eigenvalue weighted by atomic mass is 32.5. The number of nitrogens with zero attached hydrogens (tertiary/aromatic N) is 3. The van der Waals surface area contributed by atoms with Gasteiger partial charge < -0.3 is 0 Å². The van der Waals surface area contributed by atoms with Gasteiger partial charge in [-0.05, 0) is 46.7 Å². The van der Waals surface area contributed by atoms with E-state index in [2.05, 4.69) is 128 Å². The van der Waals surface area contributed by atoms with Gasteiger partial charge in [-0.3, -0.25) is 9.49 Å². The standard InChI is InChI=1S/C23H54N3P3Si/c1-19(2,3)24-28(22(10,11)12)26(30(16,17)18)29(23(13,14)15,25-20(4,5)6)27(28)21(7,8)9/h1-18H3. The number of hydrogen-bond donors (Lipinski definition) is 0. The lowest BCUT2D eigenvalue weighted by molar-refractivity contribution is 0.572. The van der Waals surface area contributed by atoms with E-state index >= 15 is 0 Å². The molecule has 0 aromatic heterocycles. The summed E-state index contributed by atoms with van der Waals surface area (Å²) in [5.74, 6) is 0. The Kier molecular flexibility index (Phi) is 7.57. The first kappa shape index (κ1) is 29.1. The van der Waals surface area contributed by atoms with Crippen LogP contribution in [0, 0.1) is 0 Å². The van der Waals surface area contributed by atoms with E-state index in [4.69, 9.17) is 9.49 Å². The van der Waals surface area contributed by atoms with E-state index in [9.17, 15) is 0 Å². The Hall–Kier alpha value is 1.07. The van der Waals surface area contributed by atoms with Crippen molar-refractivity contribution >= 4 is 29.3 Å². The first-order valence-corrected chi connectivity index (χ1v) is 21.1. The highest BCUT2D eigenvalue weighted by molar-refractivity contribution is 8.73. The molecule has 1 aliphatic rings. The van der Waals surface area contributed by atoms with Gasteiger partial charge in [-0.2, -0.15) is 0 Å². The molecule has 1 rings (SSSR count). The van der Waals surface area contributed by atoms with Crippen LogP contribution in [0.15, 0.2) is 9.49 Å². The van der Waals surface area contributed by atoms with Crippen molar-refractivity contribution in [2.45, 2.75) is 150 Å². The summed E-state index contributed by atoms with van der Waals surface area (Å²) in [6, 6.07) is 0. The lowest BCUT2D eigenvalue weighted by Crippen LogP contribution is -2.54. The summed E-state index contributed by atoms with van der Waals surface area (Å²) in [7, 11) is -2.12. The van der Waals surface area contributed by atoms with Crippen LogP contribution in [0.2, 0.25) is 19.6 Å². The van der Waals surface area contributed by atoms with Gasteiger partial charge in [-0.1, -0.05) is 82.0 Å².